The molecule has 1 saturated heterocycles. The lowest BCUT2D eigenvalue weighted by Crippen LogP contribution is -2.46. The second-order valence-corrected chi connectivity index (χ2v) is 12.2. The highest BCUT2D eigenvalue weighted by Crippen LogP contribution is 2.36. The van der Waals surface area contributed by atoms with Crippen LogP contribution in [0.25, 0.3) is 11.0 Å². The highest BCUT2D eigenvalue weighted by Gasteiger charge is 2.31. The highest BCUT2D eigenvalue weighted by molar-refractivity contribution is 5.88. The van der Waals surface area contributed by atoms with Gasteiger partial charge in [-0.2, -0.15) is 5.26 Å². The third-order valence-electron chi connectivity index (χ3n) is 9.68. The van der Waals surface area contributed by atoms with Crippen LogP contribution in [-0.4, -0.2) is 66.4 Å². The Morgan fingerprint density at radius 1 is 1.00 bits per heavy atom. The lowest BCUT2D eigenvalue weighted by Gasteiger charge is -2.44. The van der Waals surface area contributed by atoms with E-state index in [1.807, 2.05) is 6.07 Å². The number of rotatable bonds is 8. The van der Waals surface area contributed by atoms with Gasteiger partial charge in [0.15, 0.2) is 0 Å². The number of aryl methyl sites for hydroxylation is 1. The Kier molecular flexibility index (Phi) is 8.27. The molecule has 3 aliphatic rings. The van der Waals surface area contributed by atoms with Gasteiger partial charge in [-0.1, -0.05) is 18.6 Å². The molecule has 0 atom stereocenters. The van der Waals surface area contributed by atoms with E-state index < -0.39 is 0 Å². The fourth-order valence-electron chi connectivity index (χ4n) is 6.83. The van der Waals surface area contributed by atoms with Crippen LogP contribution in [-0.2, 0) is 18.3 Å². The Morgan fingerprint density at radius 3 is 2.37 bits per heavy atom. The van der Waals surface area contributed by atoms with E-state index in [2.05, 4.69) is 57.1 Å². The summed E-state index contributed by atoms with van der Waals surface area (Å²) >= 11 is 0. The van der Waals surface area contributed by atoms with Crippen molar-refractivity contribution in [3.63, 3.8) is 0 Å². The van der Waals surface area contributed by atoms with Crippen molar-refractivity contribution >= 4 is 22.4 Å². The molecule has 2 saturated carbocycles. The third-order valence-corrected chi connectivity index (χ3v) is 9.68. The molecule has 0 spiro atoms. The van der Waals surface area contributed by atoms with Gasteiger partial charge in [0, 0.05) is 64.1 Å². The van der Waals surface area contributed by atoms with Crippen LogP contribution in [0, 0.1) is 17.2 Å². The van der Waals surface area contributed by atoms with Gasteiger partial charge >= 0.3 is 0 Å². The van der Waals surface area contributed by atoms with Crippen molar-refractivity contribution in [3.8, 4) is 6.07 Å². The van der Waals surface area contributed by atoms with E-state index in [0.29, 0.717) is 17.8 Å². The first-order chi connectivity index (χ1) is 20.0. The van der Waals surface area contributed by atoms with Gasteiger partial charge in [0.25, 0.3) is 5.56 Å². The number of nitriles is 1. The summed E-state index contributed by atoms with van der Waals surface area (Å²) < 4.78 is 7.13. The van der Waals surface area contributed by atoms with Gasteiger partial charge in [-0.05, 0) is 74.3 Å². The molecule has 0 radical (unpaired) electrons. The zero-order valence-electron chi connectivity index (χ0n) is 24.5. The van der Waals surface area contributed by atoms with Gasteiger partial charge in [0.1, 0.15) is 17.3 Å². The van der Waals surface area contributed by atoms with Crippen LogP contribution in [0.5, 0.6) is 0 Å². The maximum atomic E-state index is 12.8. The fourth-order valence-corrected chi connectivity index (χ4v) is 6.83. The van der Waals surface area contributed by atoms with E-state index >= 15 is 0 Å². The monoisotopic (exact) mass is 554 g/mol. The Hall–Kier alpha value is -3.41. The molecular formula is C33H42N6O2. The van der Waals surface area contributed by atoms with E-state index in [1.54, 1.807) is 23.7 Å². The summed E-state index contributed by atoms with van der Waals surface area (Å²) in [7, 11) is 3.85. The minimum absolute atomic E-state index is 0.0525. The molecule has 8 nitrogen and oxygen atoms in total. The molecule has 3 heterocycles. The van der Waals surface area contributed by atoms with E-state index in [9.17, 15) is 10.1 Å². The number of anilines is 2. The molecule has 0 N–H and O–H groups in total. The summed E-state index contributed by atoms with van der Waals surface area (Å²) in [4.78, 5) is 24.8. The summed E-state index contributed by atoms with van der Waals surface area (Å²) in [6.45, 7) is 5.82. The number of aromatic nitrogens is 2. The molecule has 2 aromatic heterocycles. The van der Waals surface area contributed by atoms with Crippen LogP contribution in [0.3, 0.4) is 0 Å². The van der Waals surface area contributed by atoms with Crippen molar-refractivity contribution in [2.45, 2.75) is 63.6 Å². The normalized spacial score (nSPS) is 21.8. The Balaban J connectivity index is 1.17. The van der Waals surface area contributed by atoms with E-state index in [4.69, 9.17) is 4.74 Å². The first-order valence-electron chi connectivity index (χ1n) is 15.3. The van der Waals surface area contributed by atoms with Gasteiger partial charge in [0.05, 0.1) is 24.4 Å². The molecule has 216 valence electrons. The van der Waals surface area contributed by atoms with Crippen molar-refractivity contribution in [1.82, 2.24) is 14.5 Å². The third kappa shape index (κ3) is 5.98. The molecule has 3 fully saturated rings. The minimum atomic E-state index is -0.0525. The molecule has 1 aromatic carbocycles. The van der Waals surface area contributed by atoms with Crippen LogP contribution in [0.2, 0.25) is 0 Å². The lowest BCUT2D eigenvalue weighted by atomic mass is 9.83. The SMILES string of the molecule is CN(c1cc(=O)n(C)c2ccc(C#N)nc12)C1CCC(N(CC2CCC2)c2ccc(CN3CCOCC3)cc2)CC1. The average Bonchev–Trinajstić information content (AvgIpc) is 2.99. The smallest absolute Gasteiger partial charge is 0.252 e. The number of benzene rings is 1. The summed E-state index contributed by atoms with van der Waals surface area (Å²) in [5, 5.41) is 9.44. The first-order valence-corrected chi connectivity index (χ1v) is 15.3. The summed E-state index contributed by atoms with van der Waals surface area (Å²) in [5.41, 5.74) is 5.35. The van der Waals surface area contributed by atoms with Gasteiger partial charge in [-0.3, -0.25) is 9.69 Å². The number of pyridine rings is 2. The maximum Gasteiger partial charge on any atom is 0.252 e. The molecule has 3 aromatic rings. The highest BCUT2D eigenvalue weighted by atomic mass is 16.5. The number of hydrogen-bond acceptors (Lipinski definition) is 7. The second-order valence-electron chi connectivity index (χ2n) is 12.2. The van der Waals surface area contributed by atoms with Crippen LogP contribution in [0.4, 0.5) is 11.4 Å². The summed E-state index contributed by atoms with van der Waals surface area (Å²) in [6, 6.07) is 17.5. The Labute approximate surface area is 243 Å². The molecule has 2 aliphatic carbocycles. The molecule has 0 bridgehead atoms. The van der Waals surface area contributed by atoms with Crippen LogP contribution < -0.4 is 15.4 Å². The van der Waals surface area contributed by atoms with Crippen molar-refractivity contribution < 1.29 is 4.74 Å². The minimum Gasteiger partial charge on any atom is -0.379 e. The predicted molar refractivity (Wildman–Crippen MR) is 163 cm³/mol. The Bertz CT molecular complexity index is 1440. The van der Waals surface area contributed by atoms with Gasteiger partial charge in [0.2, 0.25) is 0 Å². The molecule has 0 unspecified atom stereocenters. The van der Waals surface area contributed by atoms with E-state index in [1.165, 1.54) is 30.5 Å². The predicted octanol–water partition coefficient (Wildman–Crippen LogP) is 4.69. The molecule has 6 rings (SSSR count). The maximum absolute atomic E-state index is 12.8. The lowest BCUT2D eigenvalue weighted by molar-refractivity contribution is 0.0342. The standard InChI is InChI=1S/C33H42N6O2/c1-36(31-20-32(40)37(2)30-15-8-26(21-34)35-33(30)31)27-11-13-29(14-12-27)39(23-24-4-3-5-24)28-9-6-25(7-10-28)22-38-16-18-41-19-17-38/h6-10,15,20,24,27,29H,3-5,11-14,16-19,22-23H2,1-2H3. The summed E-state index contributed by atoms with van der Waals surface area (Å²) in [6.07, 6.45) is 8.42. The zero-order chi connectivity index (χ0) is 28.3. The topological polar surface area (TPSA) is 77.6 Å². The Morgan fingerprint density at radius 2 is 1.71 bits per heavy atom. The van der Waals surface area contributed by atoms with Crippen LogP contribution in [0.15, 0.2) is 47.3 Å². The first kappa shape index (κ1) is 27.7. The fraction of sp³-hybridized carbons (Fsp3) is 0.545. The molecule has 1 aliphatic heterocycles. The average molecular weight is 555 g/mol. The van der Waals surface area contributed by atoms with Crippen LogP contribution in [0.1, 0.15) is 56.2 Å². The van der Waals surface area contributed by atoms with Gasteiger partial charge in [-0.15, -0.1) is 0 Å². The molecule has 41 heavy (non-hydrogen) atoms. The molecule has 0 amide bonds. The number of nitrogens with zero attached hydrogens (tertiary/aromatic N) is 6. The summed E-state index contributed by atoms with van der Waals surface area (Å²) in [5.74, 6) is 0.802. The van der Waals surface area contributed by atoms with Gasteiger partial charge in [-0.25, -0.2) is 4.98 Å². The van der Waals surface area contributed by atoms with Crippen molar-refractivity contribution in [2.75, 3.05) is 49.7 Å². The molecular weight excluding hydrogens is 512 g/mol. The molecule has 8 heteroatoms. The van der Waals surface area contributed by atoms with Gasteiger partial charge < -0.3 is 19.1 Å². The number of ether oxygens (including phenoxy) is 1. The largest absolute Gasteiger partial charge is 0.379 e. The second kappa shape index (κ2) is 12.2. The van der Waals surface area contributed by atoms with E-state index in [0.717, 1.165) is 87.7 Å². The van der Waals surface area contributed by atoms with Crippen molar-refractivity contribution in [2.24, 2.45) is 13.0 Å². The van der Waals surface area contributed by atoms with Crippen LogP contribution >= 0.6 is 0 Å². The van der Waals surface area contributed by atoms with Crippen molar-refractivity contribution in [3.05, 3.63) is 64.1 Å². The number of fused-ring (bicyclic) bond motifs is 1. The number of hydrogen-bond donors (Lipinski definition) is 0. The van der Waals surface area contributed by atoms with Crippen molar-refractivity contribution in [1.29, 1.82) is 5.26 Å². The zero-order valence-corrected chi connectivity index (χ0v) is 24.5. The van der Waals surface area contributed by atoms with E-state index in [-0.39, 0.29) is 5.56 Å². The quantitative estimate of drug-likeness (QED) is 0.400. The number of morpholine rings is 1.